The van der Waals surface area contributed by atoms with Crippen molar-refractivity contribution in [3.8, 4) is 0 Å². The second kappa shape index (κ2) is 6.30. The van der Waals surface area contributed by atoms with Crippen molar-refractivity contribution in [3.05, 3.63) is 54.2 Å². The van der Waals surface area contributed by atoms with Crippen molar-refractivity contribution < 1.29 is 25.6 Å². The molecule has 2 heterocycles. The third-order valence-corrected chi connectivity index (χ3v) is 8.13. The first-order valence-electron chi connectivity index (χ1n) is 7.23. The highest BCUT2D eigenvalue weighted by molar-refractivity contribution is 7.96. The van der Waals surface area contributed by atoms with Crippen LogP contribution < -0.4 is 5.32 Å². The summed E-state index contributed by atoms with van der Waals surface area (Å²) in [5, 5.41) is 1.83. The molecule has 24 heavy (non-hydrogen) atoms. The van der Waals surface area contributed by atoms with Crippen molar-refractivity contribution in [3.63, 3.8) is 0 Å². The molecule has 2 unspecified atom stereocenters. The molecule has 1 fully saturated rings. The SMILES string of the molecule is O=S1(=O)CC(NCc2ccco2)C(S(=O)(=O)c2ccc(F)cc2)C1. The van der Waals surface area contributed by atoms with Gasteiger partial charge in [-0.3, -0.25) is 0 Å². The van der Waals surface area contributed by atoms with Gasteiger partial charge in [0.15, 0.2) is 19.7 Å². The Morgan fingerprint density at radius 1 is 1.17 bits per heavy atom. The van der Waals surface area contributed by atoms with Crippen LogP contribution in [0.1, 0.15) is 5.76 Å². The monoisotopic (exact) mass is 373 g/mol. The average molecular weight is 373 g/mol. The molecule has 0 aliphatic carbocycles. The normalized spacial score (nSPS) is 23.4. The summed E-state index contributed by atoms with van der Waals surface area (Å²) in [5.41, 5.74) is 0. The van der Waals surface area contributed by atoms with Gasteiger partial charge in [0.05, 0.1) is 34.5 Å². The van der Waals surface area contributed by atoms with Gasteiger partial charge in [0, 0.05) is 6.04 Å². The lowest BCUT2D eigenvalue weighted by Gasteiger charge is -2.19. The highest BCUT2D eigenvalue weighted by Gasteiger charge is 2.45. The first-order chi connectivity index (χ1) is 11.3. The van der Waals surface area contributed by atoms with Crippen molar-refractivity contribution in [1.29, 1.82) is 0 Å². The van der Waals surface area contributed by atoms with Gasteiger partial charge in [-0.2, -0.15) is 0 Å². The van der Waals surface area contributed by atoms with Crippen LogP contribution in [0.4, 0.5) is 4.39 Å². The molecule has 1 N–H and O–H groups in total. The third-order valence-electron chi connectivity index (χ3n) is 3.96. The molecule has 3 rings (SSSR count). The van der Waals surface area contributed by atoms with Gasteiger partial charge < -0.3 is 9.73 Å². The molecule has 1 aromatic heterocycles. The number of rotatable bonds is 5. The topological polar surface area (TPSA) is 93.4 Å². The van der Waals surface area contributed by atoms with Crippen molar-refractivity contribution in [1.82, 2.24) is 5.32 Å². The predicted octanol–water partition coefficient (Wildman–Crippen LogP) is 1.15. The Bertz CT molecular complexity index is 905. The molecule has 1 aromatic carbocycles. The van der Waals surface area contributed by atoms with Gasteiger partial charge in [0.2, 0.25) is 0 Å². The van der Waals surface area contributed by atoms with Crippen LogP contribution in [0.2, 0.25) is 0 Å². The molecule has 0 spiro atoms. The Hall–Kier alpha value is -1.71. The van der Waals surface area contributed by atoms with Gasteiger partial charge in [-0.15, -0.1) is 0 Å². The number of sulfone groups is 2. The molecule has 0 radical (unpaired) electrons. The molecule has 0 bridgehead atoms. The van der Waals surface area contributed by atoms with E-state index >= 15 is 0 Å². The van der Waals surface area contributed by atoms with Crippen LogP contribution in [0.15, 0.2) is 52.0 Å². The molecule has 9 heteroatoms. The van der Waals surface area contributed by atoms with Gasteiger partial charge in [0.1, 0.15) is 11.6 Å². The summed E-state index contributed by atoms with van der Waals surface area (Å²) in [4.78, 5) is -0.0872. The van der Waals surface area contributed by atoms with Crippen LogP contribution in [0.5, 0.6) is 0 Å². The highest BCUT2D eigenvalue weighted by atomic mass is 32.2. The van der Waals surface area contributed by atoms with Crippen LogP contribution in [0.3, 0.4) is 0 Å². The van der Waals surface area contributed by atoms with E-state index in [9.17, 15) is 21.2 Å². The lowest BCUT2D eigenvalue weighted by Crippen LogP contribution is -2.42. The molecule has 1 aliphatic rings. The van der Waals surface area contributed by atoms with Gasteiger partial charge in [-0.05, 0) is 36.4 Å². The Labute approximate surface area is 139 Å². The van der Waals surface area contributed by atoms with E-state index in [1.54, 1.807) is 12.1 Å². The molecule has 0 saturated carbocycles. The lowest BCUT2D eigenvalue weighted by atomic mass is 10.2. The second-order valence-electron chi connectivity index (χ2n) is 5.68. The van der Waals surface area contributed by atoms with E-state index in [4.69, 9.17) is 4.42 Å². The number of hydrogen-bond donors (Lipinski definition) is 1. The van der Waals surface area contributed by atoms with E-state index in [1.165, 1.54) is 6.26 Å². The zero-order valence-electron chi connectivity index (χ0n) is 12.6. The number of hydrogen-bond acceptors (Lipinski definition) is 6. The molecular formula is C15H16FNO5S2. The number of furan rings is 1. The van der Waals surface area contributed by atoms with E-state index in [0.29, 0.717) is 5.76 Å². The summed E-state index contributed by atoms with van der Waals surface area (Å²) in [6, 6.07) is 7.03. The van der Waals surface area contributed by atoms with Crippen LogP contribution in [0, 0.1) is 5.82 Å². The predicted molar refractivity (Wildman–Crippen MR) is 85.4 cm³/mol. The summed E-state index contributed by atoms with van der Waals surface area (Å²) in [7, 11) is -7.39. The third kappa shape index (κ3) is 3.52. The fourth-order valence-corrected chi connectivity index (χ4v) is 7.47. The molecule has 130 valence electrons. The fraction of sp³-hybridized carbons (Fsp3) is 0.333. The lowest BCUT2D eigenvalue weighted by molar-refractivity contribution is 0.454. The molecule has 0 amide bonds. The van der Waals surface area contributed by atoms with Gasteiger partial charge in [-0.1, -0.05) is 0 Å². The minimum absolute atomic E-state index is 0.0872. The number of halogens is 1. The molecule has 2 atom stereocenters. The summed E-state index contributed by atoms with van der Waals surface area (Å²) in [5.74, 6) is -0.695. The first kappa shape index (κ1) is 17.1. The van der Waals surface area contributed by atoms with Crippen LogP contribution in [-0.4, -0.2) is 39.6 Å². The zero-order valence-corrected chi connectivity index (χ0v) is 14.2. The highest BCUT2D eigenvalue weighted by Crippen LogP contribution is 2.26. The molecule has 2 aromatic rings. The maximum absolute atomic E-state index is 13.0. The van der Waals surface area contributed by atoms with E-state index in [2.05, 4.69) is 5.32 Å². The van der Waals surface area contributed by atoms with E-state index in [0.717, 1.165) is 24.3 Å². The summed E-state index contributed by atoms with van der Waals surface area (Å²) in [6.45, 7) is 0.225. The van der Waals surface area contributed by atoms with Crippen LogP contribution in [0.25, 0.3) is 0 Å². The first-order valence-corrected chi connectivity index (χ1v) is 10.6. The van der Waals surface area contributed by atoms with Crippen molar-refractivity contribution >= 4 is 19.7 Å². The summed E-state index contributed by atoms with van der Waals surface area (Å²) >= 11 is 0. The average Bonchev–Trinajstić information content (AvgIpc) is 3.13. The second-order valence-corrected chi connectivity index (χ2v) is 10.0. The number of nitrogens with one attached hydrogen (secondary N) is 1. The largest absolute Gasteiger partial charge is 0.468 e. The standard InChI is InChI=1S/C15H16FNO5S2/c16-11-3-5-13(6-4-11)24(20,21)15-10-23(18,19)9-14(15)17-8-12-2-1-7-22-12/h1-7,14-15,17H,8-10H2. The molecule has 1 saturated heterocycles. The quantitative estimate of drug-likeness (QED) is 0.790. The molecule has 1 aliphatic heterocycles. The maximum Gasteiger partial charge on any atom is 0.183 e. The van der Waals surface area contributed by atoms with Gasteiger partial charge >= 0.3 is 0 Å². The minimum atomic E-state index is -3.91. The van der Waals surface area contributed by atoms with Crippen molar-refractivity contribution in [2.75, 3.05) is 11.5 Å². The zero-order chi connectivity index (χ0) is 17.4. The van der Waals surface area contributed by atoms with Crippen molar-refractivity contribution in [2.24, 2.45) is 0 Å². The van der Waals surface area contributed by atoms with Crippen LogP contribution in [-0.2, 0) is 26.2 Å². The minimum Gasteiger partial charge on any atom is -0.468 e. The van der Waals surface area contributed by atoms with E-state index < -0.39 is 42.5 Å². The van der Waals surface area contributed by atoms with E-state index in [-0.39, 0.29) is 17.2 Å². The Balaban J connectivity index is 1.86. The van der Waals surface area contributed by atoms with Crippen LogP contribution >= 0.6 is 0 Å². The Kier molecular flexibility index (Phi) is 4.50. The Morgan fingerprint density at radius 3 is 2.50 bits per heavy atom. The maximum atomic E-state index is 13.0. The van der Waals surface area contributed by atoms with E-state index in [1.807, 2.05) is 0 Å². The summed E-state index contributed by atoms with van der Waals surface area (Å²) < 4.78 is 67.6. The summed E-state index contributed by atoms with van der Waals surface area (Å²) in [6.07, 6.45) is 1.48. The number of benzene rings is 1. The smallest absolute Gasteiger partial charge is 0.183 e. The van der Waals surface area contributed by atoms with Gasteiger partial charge in [0.25, 0.3) is 0 Å². The van der Waals surface area contributed by atoms with Crippen molar-refractivity contribution in [2.45, 2.75) is 22.7 Å². The molecular weight excluding hydrogens is 357 g/mol. The fourth-order valence-electron chi connectivity index (χ4n) is 2.76. The van der Waals surface area contributed by atoms with Gasteiger partial charge in [-0.25, -0.2) is 21.2 Å². The Morgan fingerprint density at radius 2 is 1.88 bits per heavy atom. The molecule has 6 nitrogen and oxygen atoms in total.